The molecule has 1 spiro atoms. The van der Waals surface area contributed by atoms with Crippen molar-refractivity contribution in [2.75, 3.05) is 45.2 Å². The van der Waals surface area contributed by atoms with Gasteiger partial charge < -0.3 is 24.5 Å². The molecule has 2 aromatic rings. The van der Waals surface area contributed by atoms with E-state index < -0.39 is 17.2 Å². The van der Waals surface area contributed by atoms with E-state index in [1.807, 2.05) is 38.1 Å². The third-order valence-electron chi connectivity index (χ3n) is 7.03. The number of hydrogen-bond acceptors (Lipinski definition) is 6. The smallest absolute Gasteiger partial charge is 0.296 e. The van der Waals surface area contributed by atoms with E-state index >= 15 is 0 Å². The highest BCUT2D eigenvalue weighted by atomic mass is 16.5. The number of aliphatic hydroxyl groups excluding tert-OH is 1. The fourth-order valence-corrected chi connectivity index (χ4v) is 5.26. The summed E-state index contributed by atoms with van der Waals surface area (Å²) >= 11 is 0. The van der Waals surface area contributed by atoms with Gasteiger partial charge >= 0.3 is 0 Å². The summed E-state index contributed by atoms with van der Waals surface area (Å²) in [6, 6.07) is 13.8. The number of amides is 2. The molecule has 1 fully saturated rings. The Balaban J connectivity index is 1.91. The number of rotatable bonds is 11. The van der Waals surface area contributed by atoms with Gasteiger partial charge in [0.05, 0.1) is 11.3 Å². The van der Waals surface area contributed by atoms with E-state index in [9.17, 15) is 19.5 Å². The Bertz CT molecular complexity index is 1270. The van der Waals surface area contributed by atoms with Crippen molar-refractivity contribution >= 4 is 29.0 Å². The maximum Gasteiger partial charge on any atom is 0.296 e. The number of ether oxygens (including phenoxy) is 1. The number of hydrogen-bond donors (Lipinski definition) is 1. The molecule has 38 heavy (non-hydrogen) atoms. The Morgan fingerprint density at radius 3 is 2.42 bits per heavy atom. The average molecular weight is 518 g/mol. The minimum absolute atomic E-state index is 0.190. The molecule has 0 aromatic heterocycles. The number of nitrogens with zero attached hydrogens (tertiary/aromatic N) is 3. The first-order valence-electron chi connectivity index (χ1n) is 13.0. The molecule has 2 aliphatic rings. The first kappa shape index (κ1) is 27.1. The molecule has 8 nitrogen and oxygen atoms in total. The van der Waals surface area contributed by atoms with Gasteiger partial charge in [-0.05, 0) is 63.8 Å². The molecular weight excluding hydrogens is 482 g/mol. The molecule has 0 bridgehead atoms. The summed E-state index contributed by atoms with van der Waals surface area (Å²) in [4.78, 5) is 46.6. The number of likely N-dealkylation sites (tertiary alicyclic amines) is 1. The summed E-state index contributed by atoms with van der Waals surface area (Å²) in [5.74, 6) is -1.84. The second-order valence-electron chi connectivity index (χ2n) is 9.83. The average Bonchev–Trinajstić information content (AvgIpc) is 3.29. The van der Waals surface area contributed by atoms with Crippen LogP contribution in [0.5, 0.6) is 5.75 Å². The number of carbonyl (C=O) groups excluding carboxylic acids is 3. The number of Topliss-reactive ketones (excluding diaryl/α,β-unsaturated/α-hetero) is 1. The standard InChI is InChI=1S/C30H35N3O5/c1-5-7-18-32-24-12-9-8-11-23(24)30(29(32)37)25(27(35)28(36)33(30)19-10-17-31(3)4)26(34)21-13-15-22(16-14-21)38-20-6-2/h6,8-9,11-16,34H,2,5,7,10,17-20H2,1,3-4H3/b26-25+. The summed E-state index contributed by atoms with van der Waals surface area (Å²) < 4.78 is 5.53. The highest BCUT2D eigenvalue weighted by Gasteiger charge is 2.66. The van der Waals surface area contributed by atoms with Crippen LogP contribution in [0.1, 0.15) is 37.3 Å². The third-order valence-corrected chi connectivity index (χ3v) is 7.03. The molecule has 2 amide bonds. The Labute approximate surface area is 223 Å². The van der Waals surface area contributed by atoms with Crippen LogP contribution in [0.2, 0.25) is 0 Å². The van der Waals surface area contributed by atoms with E-state index in [4.69, 9.17) is 4.74 Å². The summed E-state index contributed by atoms with van der Waals surface area (Å²) in [6.07, 6.45) is 3.81. The SMILES string of the molecule is C=CCOc1ccc(/C(O)=C2/C(=O)C(=O)N(CCCN(C)C)C23C(=O)N(CCCC)c2ccccc23)cc1. The van der Waals surface area contributed by atoms with Gasteiger partial charge in [-0.1, -0.05) is 44.2 Å². The Morgan fingerprint density at radius 1 is 1.05 bits per heavy atom. The molecule has 8 heteroatoms. The van der Waals surface area contributed by atoms with Crippen LogP contribution in [0.15, 0.2) is 66.8 Å². The lowest BCUT2D eigenvalue weighted by Crippen LogP contribution is -2.52. The van der Waals surface area contributed by atoms with Gasteiger partial charge in [0.25, 0.3) is 17.6 Å². The highest BCUT2D eigenvalue weighted by Crippen LogP contribution is 2.53. The largest absolute Gasteiger partial charge is 0.507 e. The van der Waals surface area contributed by atoms with Crippen LogP contribution < -0.4 is 9.64 Å². The van der Waals surface area contributed by atoms with Gasteiger partial charge in [0.15, 0.2) is 5.54 Å². The van der Waals surface area contributed by atoms with Gasteiger partial charge in [0.1, 0.15) is 18.1 Å². The molecule has 4 rings (SSSR count). The molecule has 1 N–H and O–H groups in total. The van der Waals surface area contributed by atoms with Gasteiger partial charge in [0, 0.05) is 24.2 Å². The van der Waals surface area contributed by atoms with E-state index in [0.717, 1.165) is 12.8 Å². The zero-order valence-electron chi connectivity index (χ0n) is 22.3. The number of anilines is 1. The molecule has 0 aliphatic carbocycles. The van der Waals surface area contributed by atoms with Crippen molar-refractivity contribution in [2.24, 2.45) is 0 Å². The lowest BCUT2D eigenvalue weighted by atomic mass is 9.82. The van der Waals surface area contributed by atoms with E-state index in [-0.39, 0.29) is 23.8 Å². The molecular formula is C30H35N3O5. The van der Waals surface area contributed by atoms with Crippen LogP contribution in [0.25, 0.3) is 5.76 Å². The van der Waals surface area contributed by atoms with Crippen LogP contribution in [-0.2, 0) is 19.9 Å². The van der Waals surface area contributed by atoms with Crippen LogP contribution in [-0.4, -0.2) is 72.8 Å². The highest BCUT2D eigenvalue weighted by molar-refractivity contribution is 6.50. The zero-order valence-corrected chi connectivity index (χ0v) is 22.3. The molecule has 200 valence electrons. The molecule has 0 radical (unpaired) electrons. The molecule has 1 saturated heterocycles. The second kappa shape index (κ2) is 11.2. The van der Waals surface area contributed by atoms with E-state index in [0.29, 0.717) is 48.7 Å². The molecule has 1 unspecified atom stereocenters. The maximum absolute atomic E-state index is 14.4. The van der Waals surface area contributed by atoms with Crippen molar-refractivity contribution in [1.82, 2.24) is 9.80 Å². The van der Waals surface area contributed by atoms with Crippen LogP contribution in [0.4, 0.5) is 5.69 Å². The van der Waals surface area contributed by atoms with Crippen LogP contribution in [0.3, 0.4) is 0 Å². The van der Waals surface area contributed by atoms with Gasteiger partial charge in [-0.25, -0.2) is 0 Å². The Morgan fingerprint density at radius 2 is 1.76 bits per heavy atom. The quantitative estimate of drug-likeness (QED) is 0.210. The first-order chi connectivity index (χ1) is 18.3. The lowest BCUT2D eigenvalue weighted by molar-refractivity contribution is -0.143. The first-order valence-corrected chi connectivity index (χ1v) is 13.0. The minimum atomic E-state index is -1.73. The Kier molecular flexibility index (Phi) is 8.02. The molecule has 2 aromatic carbocycles. The summed E-state index contributed by atoms with van der Waals surface area (Å²) in [5, 5.41) is 11.6. The van der Waals surface area contributed by atoms with Crippen molar-refractivity contribution in [3.8, 4) is 5.75 Å². The summed E-state index contributed by atoms with van der Waals surface area (Å²) in [7, 11) is 3.85. The van der Waals surface area contributed by atoms with E-state index in [1.54, 1.807) is 47.4 Å². The molecule has 0 saturated carbocycles. The van der Waals surface area contributed by atoms with Gasteiger partial charge in [-0.2, -0.15) is 0 Å². The number of fused-ring (bicyclic) bond motifs is 2. The predicted octanol–water partition coefficient (Wildman–Crippen LogP) is 3.93. The fourth-order valence-electron chi connectivity index (χ4n) is 5.26. The van der Waals surface area contributed by atoms with Crippen molar-refractivity contribution in [2.45, 2.75) is 31.7 Å². The zero-order chi connectivity index (χ0) is 27.4. The maximum atomic E-state index is 14.4. The van der Waals surface area contributed by atoms with Crippen LogP contribution >= 0.6 is 0 Å². The number of aliphatic hydroxyl groups is 1. The monoisotopic (exact) mass is 517 g/mol. The molecule has 1 atom stereocenters. The summed E-state index contributed by atoms with van der Waals surface area (Å²) in [5.41, 5.74) is -0.406. The number of benzene rings is 2. The van der Waals surface area contributed by atoms with Crippen molar-refractivity contribution in [3.63, 3.8) is 0 Å². The topological polar surface area (TPSA) is 90.4 Å². The van der Waals surface area contributed by atoms with Crippen molar-refractivity contribution < 1.29 is 24.2 Å². The summed E-state index contributed by atoms with van der Waals surface area (Å²) in [6.45, 7) is 7.30. The van der Waals surface area contributed by atoms with Crippen molar-refractivity contribution in [3.05, 3.63) is 77.9 Å². The van der Waals surface area contributed by atoms with Crippen molar-refractivity contribution in [1.29, 1.82) is 0 Å². The fraction of sp³-hybridized carbons (Fsp3) is 0.367. The molecule has 2 heterocycles. The number of ketones is 1. The van der Waals surface area contributed by atoms with E-state index in [1.165, 1.54) is 4.90 Å². The predicted molar refractivity (Wildman–Crippen MR) is 147 cm³/mol. The van der Waals surface area contributed by atoms with Crippen LogP contribution in [0, 0.1) is 0 Å². The third kappa shape index (κ3) is 4.49. The second-order valence-corrected chi connectivity index (χ2v) is 9.83. The van der Waals surface area contributed by atoms with Gasteiger partial charge in [-0.15, -0.1) is 0 Å². The number of para-hydroxylation sites is 1. The minimum Gasteiger partial charge on any atom is -0.507 e. The lowest BCUT2D eigenvalue weighted by Gasteiger charge is -2.34. The van der Waals surface area contributed by atoms with Gasteiger partial charge in [-0.3, -0.25) is 14.4 Å². The number of unbranched alkanes of at least 4 members (excludes halogenated alkanes) is 1. The molecule has 2 aliphatic heterocycles. The number of carbonyl (C=O) groups is 3. The normalized spacial score (nSPS) is 20.1. The van der Waals surface area contributed by atoms with Gasteiger partial charge in [0.2, 0.25) is 0 Å². The van der Waals surface area contributed by atoms with E-state index in [2.05, 4.69) is 6.58 Å². The Hall–Kier alpha value is -3.91.